The third kappa shape index (κ3) is 7.46. The second kappa shape index (κ2) is 13.1. The summed E-state index contributed by atoms with van der Waals surface area (Å²) in [4.78, 5) is 6.78. The number of aliphatic imine (C=N–C) groups is 1. The summed E-state index contributed by atoms with van der Waals surface area (Å²) in [6.07, 6.45) is 0. The van der Waals surface area contributed by atoms with E-state index < -0.39 is 0 Å². The van der Waals surface area contributed by atoms with Gasteiger partial charge in [0.05, 0.1) is 27.3 Å². The Morgan fingerprint density at radius 2 is 1.75 bits per heavy atom. The fourth-order valence-electron chi connectivity index (χ4n) is 2.54. The lowest BCUT2D eigenvalue weighted by atomic mass is 10.2. The third-order valence-electron chi connectivity index (χ3n) is 3.99. The van der Waals surface area contributed by atoms with Crippen molar-refractivity contribution in [3.63, 3.8) is 0 Å². The largest absolute Gasteiger partial charge is 0.493 e. The molecular weight excluding hydrogens is 469 g/mol. The summed E-state index contributed by atoms with van der Waals surface area (Å²) < 4.78 is 16.4. The van der Waals surface area contributed by atoms with Crippen LogP contribution in [-0.2, 0) is 6.54 Å². The average Bonchev–Trinajstić information content (AvgIpc) is 2.71. The van der Waals surface area contributed by atoms with Crippen LogP contribution in [0.25, 0.3) is 0 Å². The molecule has 6 nitrogen and oxygen atoms in total. The molecule has 0 fully saturated rings. The number of methoxy groups -OCH3 is 2. The van der Waals surface area contributed by atoms with E-state index in [0.717, 1.165) is 30.4 Å². The van der Waals surface area contributed by atoms with Crippen molar-refractivity contribution in [3.05, 3.63) is 54.1 Å². The number of hydrogen-bond donors (Lipinski definition) is 1. The molecule has 0 aliphatic carbocycles. The van der Waals surface area contributed by atoms with Gasteiger partial charge in [0.15, 0.2) is 17.5 Å². The summed E-state index contributed by atoms with van der Waals surface area (Å²) >= 11 is 0. The molecule has 1 N–H and O–H groups in total. The van der Waals surface area contributed by atoms with Crippen LogP contribution < -0.4 is 19.5 Å². The van der Waals surface area contributed by atoms with Gasteiger partial charge in [-0.25, -0.2) is 4.99 Å². The Hall–Kier alpha value is -2.16. The molecular formula is C21H30IN3O3. The quantitative estimate of drug-likeness (QED) is 0.323. The van der Waals surface area contributed by atoms with Crippen LogP contribution in [0.1, 0.15) is 12.5 Å². The number of guanidine groups is 1. The fourth-order valence-corrected chi connectivity index (χ4v) is 2.54. The molecule has 0 amide bonds. The lowest BCUT2D eigenvalue weighted by molar-refractivity contribution is 0.281. The molecule has 0 unspecified atom stereocenters. The van der Waals surface area contributed by atoms with Crippen LogP contribution in [0.15, 0.2) is 53.5 Å². The molecule has 0 heterocycles. The molecule has 0 aliphatic rings. The summed E-state index contributed by atoms with van der Waals surface area (Å²) in [7, 11) is 5.27. The van der Waals surface area contributed by atoms with E-state index in [0.29, 0.717) is 24.7 Å². The van der Waals surface area contributed by atoms with Crippen molar-refractivity contribution in [2.24, 2.45) is 4.99 Å². The van der Waals surface area contributed by atoms with Gasteiger partial charge in [0, 0.05) is 13.6 Å². The SMILES string of the molecule is CCNC(=NCc1ccc(OC)c(OC)c1)N(C)CCOc1ccccc1.I. The molecule has 154 valence electrons. The van der Waals surface area contributed by atoms with Crippen molar-refractivity contribution in [2.75, 3.05) is 41.0 Å². The van der Waals surface area contributed by atoms with E-state index in [2.05, 4.69) is 17.1 Å². The Labute approximate surface area is 184 Å². The minimum absolute atomic E-state index is 0. The van der Waals surface area contributed by atoms with Crippen molar-refractivity contribution in [1.29, 1.82) is 0 Å². The Morgan fingerprint density at radius 3 is 2.39 bits per heavy atom. The zero-order valence-corrected chi connectivity index (χ0v) is 19.3. The van der Waals surface area contributed by atoms with E-state index in [4.69, 9.17) is 19.2 Å². The number of hydrogen-bond acceptors (Lipinski definition) is 4. The molecule has 0 saturated carbocycles. The highest BCUT2D eigenvalue weighted by Gasteiger charge is 2.08. The Morgan fingerprint density at radius 1 is 1.04 bits per heavy atom. The first-order valence-corrected chi connectivity index (χ1v) is 9.06. The van der Waals surface area contributed by atoms with Gasteiger partial charge >= 0.3 is 0 Å². The number of para-hydroxylation sites is 1. The van der Waals surface area contributed by atoms with Crippen molar-refractivity contribution in [2.45, 2.75) is 13.5 Å². The lowest BCUT2D eigenvalue weighted by Gasteiger charge is -2.22. The second-order valence-corrected chi connectivity index (χ2v) is 5.94. The van der Waals surface area contributed by atoms with Crippen LogP contribution in [0.3, 0.4) is 0 Å². The number of benzene rings is 2. The predicted molar refractivity (Wildman–Crippen MR) is 124 cm³/mol. The number of halogens is 1. The van der Waals surface area contributed by atoms with Gasteiger partial charge in [-0.1, -0.05) is 24.3 Å². The normalized spacial score (nSPS) is 10.6. The van der Waals surface area contributed by atoms with Crippen LogP contribution in [0.5, 0.6) is 17.2 Å². The van der Waals surface area contributed by atoms with E-state index in [-0.39, 0.29) is 24.0 Å². The highest BCUT2D eigenvalue weighted by atomic mass is 127. The summed E-state index contributed by atoms with van der Waals surface area (Å²) in [5, 5.41) is 3.32. The number of nitrogens with one attached hydrogen (secondary N) is 1. The van der Waals surface area contributed by atoms with Gasteiger partial charge in [-0.3, -0.25) is 0 Å². The minimum Gasteiger partial charge on any atom is -0.493 e. The molecule has 7 heteroatoms. The maximum absolute atomic E-state index is 5.77. The molecule has 0 saturated heterocycles. The van der Waals surface area contributed by atoms with Crippen LogP contribution >= 0.6 is 24.0 Å². The molecule has 2 rings (SSSR count). The molecule has 0 atom stereocenters. The highest BCUT2D eigenvalue weighted by Crippen LogP contribution is 2.27. The maximum atomic E-state index is 5.77. The molecule has 2 aromatic carbocycles. The molecule has 0 bridgehead atoms. The minimum atomic E-state index is 0. The standard InChI is InChI=1S/C21H29N3O3.HI/c1-5-22-21(24(2)13-14-27-18-9-7-6-8-10-18)23-16-17-11-12-19(25-3)20(15-17)26-4;/h6-12,15H,5,13-14,16H2,1-4H3,(H,22,23);1H. The van der Waals surface area contributed by atoms with Crippen LogP contribution in [0, 0.1) is 0 Å². The molecule has 0 radical (unpaired) electrons. The Bertz CT molecular complexity index is 726. The van der Waals surface area contributed by atoms with Gasteiger partial charge in [-0.05, 0) is 36.8 Å². The number of ether oxygens (including phenoxy) is 3. The van der Waals surface area contributed by atoms with E-state index >= 15 is 0 Å². The van der Waals surface area contributed by atoms with E-state index in [1.54, 1.807) is 14.2 Å². The van der Waals surface area contributed by atoms with Gasteiger partial charge in [0.25, 0.3) is 0 Å². The second-order valence-electron chi connectivity index (χ2n) is 5.94. The van der Waals surface area contributed by atoms with Gasteiger partial charge in [0.1, 0.15) is 12.4 Å². The molecule has 2 aromatic rings. The first kappa shape index (κ1) is 23.9. The van der Waals surface area contributed by atoms with Gasteiger partial charge in [-0.15, -0.1) is 24.0 Å². The first-order valence-electron chi connectivity index (χ1n) is 9.06. The van der Waals surface area contributed by atoms with E-state index in [1.807, 2.05) is 55.6 Å². The maximum Gasteiger partial charge on any atom is 0.194 e. The van der Waals surface area contributed by atoms with Crippen molar-refractivity contribution >= 4 is 29.9 Å². The van der Waals surface area contributed by atoms with Crippen molar-refractivity contribution in [1.82, 2.24) is 10.2 Å². The van der Waals surface area contributed by atoms with Crippen molar-refractivity contribution in [3.8, 4) is 17.2 Å². The molecule has 0 aliphatic heterocycles. The third-order valence-corrected chi connectivity index (χ3v) is 3.99. The topological polar surface area (TPSA) is 55.3 Å². The predicted octanol–water partition coefficient (Wildman–Crippen LogP) is 3.80. The van der Waals surface area contributed by atoms with E-state index in [9.17, 15) is 0 Å². The zero-order chi connectivity index (χ0) is 19.5. The summed E-state index contributed by atoms with van der Waals surface area (Å²) in [6.45, 7) is 4.72. The van der Waals surface area contributed by atoms with Gasteiger partial charge < -0.3 is 24.4 Å². The van der Waals surface area contributed by atoms with Gasteiger partial charge in [0.2, 0.25) is 0 Å². The zero-order valence-electron chi connectivity index (χ0n) is 17.0. The Balaban J connectivity index is 0.00000392. The average molecular weight is 499 g/mol. The fraction of sp³-hybridized carbons (Fsp3) is 0.381. The summed E-state index contributed by atoms with van der Waals surface area (Å²) in [5.41, 5.74) is 1.05. The lowest BCUT2D eigenvalue weighted by Crippen LogP contribution is -2.40. The summed E-state index contributed by atoms with van der Waals surface area (Å²) in [5.74, 6) is 3.13. The summed E-state index contributed by atoms with van der Waals surface area (Å²) in [6, 6.07) is 15.7. The van der Waals surface area contributed by atoms with Crippen LogP contribution in [0.2, 0.25) is 0 Å². The number of nitrogens with zero attached hydrogens (tertiary/aromatic N) is 2. The van der Waals surface area contributed by atoms with E-state index in [1.165, 1.54) is 0 Å². The molecule has 0 spiro atoms. The monoisotopic (exact) mass is 499 g/mol. The first-order chi connectivity index (χ1) is 13.2. The number of likely N-dealkylation sites (N-methyl/N-ethyl adjacent to an activating group) is 1. The van der Waals surface area contributed by atoms with Gasteiger partial charge in [-0.2, -0.15) is 0 Å². The van der Waals surface area contributed by atoms with Crippen molar-refractivity contribution < 1.29 is 14.2 Å². The smallest absolute Gasteiger partial charge is 0.194 e. The van der Waals surface area contributed by atoms with Crippen LogP contribution in [0.4, 0.5) is 0 Å². The Kier molecular flexibility index (Phi) is 11.2. The highest BCUT2D eigenvalue weighted by molar-refractivity contribution is 14.0. The molecule has 0 aromatic heterocycles. The van der Waals surface area contributed by atoms with Crippen LogP contribution in [-0.4, -0.2) is 51.8 Å². The molecule has 28 heavy (non-hydrogen) atoms. The number of rotatable bonds is 9.